The second-order valence-electron chi connectivity index (χ2n) is 5.46. The van der Waals surface area contributed by atoms with Gasteiger partial charge in [-0.05, 0) is 0 Å². The zero-order valence-electron chi connectivity index (χ0n) is 18.7. The molecule has 0 rings (SSSR count). The first kappa shape index (κ1) is 32.0. The van der Waals surface area contributed by atoms with Crippen molar-refractivity contribution in [1.82, 2.24) is 0 Å². The van der Waals surface area contributed by atoms with E-state index in [9.17, 15) is 4.79 Å². The van der Waals surface area contributed by atoms with E-state index in [0.29, 0.717) is 92.5 Å². The fourth-order valence-corrected chi connectivity index (χ4v) is 1.63. The molecule has 186 valence electrons. The molecule has 0 saturated carbocycles. The van der Waals surface area contributed by atoms with E-state index in [2.05, 4.69) is 11.3 Å². The average Bonchev–Trinajstić information content (AvgIpc) is 2.80. The lowest BCUT2D eigenvalue weighted by Crippen LogP contribution is -2.14. The summed E-state index contributed by atoms with van der Waals surface area (Å²) in [5, 5.41) is 17.0. The normalized spacial score (nSPS) is 10.4. The second kappa shape index (κ2) is 31.0. The fourth-order valence-electron chi connectivity index (χ4n) is 1.63. The average molecular weight is 457 g/mol. The molecule has 0 aliphatic heterocycles. The van der Waals surface area contributed by atoms with Crippen LogP contribution in [0, 0.1) is 0 Å². The number of carbonyl (C=O) groups excluding carboxylic acids is 1. The molecular weight excluding hydrogens is 416 g/mol. The summed E-state index contributed by atoms with van der Waals surface area (Å²) in [7, 11) is 1.31. The second-order valence-corrected chi connectivity index (χ2v) is 5.46. The Balaban J connectivity index is 0. The Bertz CT molecular complexity index is 334. The Morgan fingerprint density at radius 2 is 0.806 bits per heavy atom. The van der Waals surface area contributed by atoms with Gasteiger partial charge in [-0.3, -0.25) is 0 Å². The summed E-state index contributed by atoms with van der Waals surface area (Å²) in [6, 6.07) is 0. The van der Waals surface area contributed by atoms with Gasteiger partial charge in [-0.25, -0.2) is 4.79 Å². The molecule has 0 bridgehead atoms. The summed E-state index contributed by atoms with van der Waals surface area (Å²) >= 11 is 0. The van der Waals surface area contributed by atoms with E-state index in [0.717, 1.165) is 6.08 Å². The molecule has 0 unspecified atom stereocenters. The fraction of sp³-hybridized carbons (Fsp3) is 0.850. The van der Waals surface area contributed by atoms with Crippen molar-refractivity contribution in [3.05, 3.63) is 12.7 Å². The van der Waals surface area contributed by atoms with E-state index < -0.39 is 5.97 Å². The Kier molecular flexibility index (Phi) is 32.1. The lowest BCUT2D eigenvalue weighted by atomic mass is 10.6. The highest BCUT2D eigenvalue weighted by Gasteiger charge is 1.94. The smallest absolute Gasteiger partial charge is 0.329 e. The van der Waals surface area contributed by atoms with E-state index in [4.69, 9.17) is 43.4 Å². The molecule has 2 N–H and O–H groups in total. The molecule has 0 aromatic carbocycles. The van der Waals surface area contributed by atoms with Gasteiger partial charge in [0.2, 0.25) is 0 Å². The number of methoxy groups -OCH3 is 1. The topological polar surface area (TPSA) is 131 Å². The van der Waals surface area contributed by atoms with Gasteiger partial charge in [0.05, 0.1) is 113 Å². The number of carbonyl (C=O) groups is 1. The molecule has 0 amide bonds. The SMILES string of the molecule is C=CC(=O)OC.OCCOCCOCCOCCOCCOCCOCCOCCO. The summed E-state index contributed by atoms with van der Waals surface area (Å²) in [5.41, 5.74) is 0. The van der Waals surface area contributed by atoms with Gasteiger partial charge >= 0.3 is 5.97 Å². The number of aliphatic hydroxyl groups excluding tert-OH is 2. The number of hydrogen-bond acceptors (Lipinski definition) is 11. The van der Waals surface area contributed by atoms with Crippen LogP contribution in [0.5, 0.6) is 0 Å². The first-order valence-electron chi connectivity index (χ1n) is 10.2. The van der Waals surface area contributed by atoms with E-state index in [1.54, 1.807) is 0 Å². The molecule has 0 spiro atoms. The molecule has 0 radical (unpaired) electrons. The zero-order valence-corrected chi connectivity index (χ0v) is 18.7. The van der Waals surface area contributed by atoms with Gasteiger partial charge in [-0.15, -0.1) is 0 Å². The molecule has 0 aromatic heterocycles. The van der Waals surface area contributed by atoms with Gasteiger partial charge in [-0.2, -0.15) is 0 Å². The Hall–Kier alpha value is -1.15. The van der Waals surface area contributed by atoms with Crippen molar-refractivity contribution in [1.29, 1.82) is 0 Å². The molecule has 0 atom stereocenters. The van der Waals surface area contributed by atoms with Crippen LogP contribution < -0.4 is 0 Å². The molecule has 0 aliphatic rings. The van der Waals surface area contributed by atoms with Gasteiger partial charge in [0.25, 0.3) is 0 Å². The molecule has 0 aromatic rings. The minimum atomic E-state index is -0.394. The molecule has 0 fully saturated rings. The van der Waals surface area contributed by atoms with E-state index in [1.807, 2.05) is 0 Å². The number of ether oxygens (including phenoxy) is 8. The van der Waals surface area contributed by atoms with Gasteiger partial charge < -0.3 is 48.1 Å². The highest BCUT2D eigenvalue weighted by atomic mass is 16.6. The standard InChI is InChI=1S/C16H34O9.C4H6O2/c17-1-3-19-5-7-21-9-11-23-13-15-25-16-14-24-12-10-22-8-6-20-4-2-18;1-3-4(5)6-2/h17-18H,1-16H2;3H,1H2,2H3. The maximum atomic E-state index is 9.84. The van der Waals surface area contributed by atoms with Crippen molar-refractivity contribution in [2.75, 3.05) is 113 Å². The highest BCUT2D eigenvalue weighted by Crippen LogP contribution is 1.85. The van der Waals surface area contributed by atoms with Crippen LogP contribution in [0.2, 0.25) is 0 Å². The third kappa shape index (κ3) is 33.7. The van der Waals surface area contributed by atoms with Crippen LogP contribution in [0.4, 0.5) is 0 Å². The maximum absolute atomic E-state index is 9.84. The van der Waals surface area contributed by atoms with Crippen LogP contribution >= 0.6 is 0 Å². The molecule has 0 aliphatic carbocycles. The monoisotopic (exact) mass is 456 g/mol. The quantitative estimate of drug-likeness (QED) is 0.116. The van der Waals surface area contributed by atoms with Crippen molar-refractivity contribution in [3.63, 3.8) is 0 Å². The number of esters is 1. The van der Waals surface area contributed by atoms with Crippen LogP contribution in [-0.2, 0) is 42.7 Å². The molecule has 11 nitrogen and oxygen atoms in total. The van der Waals surface area contributed by atoms with Crippen molar-refractivity contribution >= 4 is 5.97 Å². The largest absolute Gasteiger partial charge is 0.466 e. The third-order valence-electron chi connectivity index (χ3n) is 3.07. The lowest BCUT2D eigenvalue weighted by Gasteiger charge is -2.08. The zero-order chi connectivity index (χ0) is 23.3. The Labute approximate surface area is 185 Å². The van der Waals surface area contributed by atoms with Gasteiger partial charge in [0, 0.05) is 6.08 Å². The molecule has 0 saturated heterocycles. The number of aliphatic hydroxyl groups is 2. The first-order valence-corrected chi connectivity index (χ1v) is 10.2. The van der Waals surface area contributed by atoms with Crippen LogP contribution in [0.1, 0.15) is 0 Å². The van der Waals surface area contributed by atoms with Crippen LogP contribution in [-0.4, -0.2) is 129 Å². The molecule has 0 heterocycles. The summed E-state index contributed by atoms with van der Waals surface area (Å²) in [6.45, 7) is 9.96. The predicted molar refractivity (Wildman–Crippen MR) is 112 cm³/mol. The molecule has 11 heteroatoms. The van der Waals surface area contributed by atoms with Crippen LogP contribution in [0.3, 0.4) is 0 Å². The van der Waals surface area contributed by atoms with E-state index >= 15 is 0 Å². The van der Waals surface area contributed by atoms with E-state index in [-0.39, 0.29) is 13.2 Å². The number of hydrogen-bond donors (Lipinski definition) is 2. The lowest BCUT2D eigenvalue weighted by molar-refractivity contribution is -0.134. The summed E-state index contributed by atoms with van der Waals surface area (Å²) in [5.74, 6) is -0.394. The Morgan fingerprint density at radius 1 is 0.581 bits per heavy atom. The molecule has 31 heavy (non-hydrogen) atoms. The third-order valence-corrected chi connectivity index (χ3v) is 3.07. The van der Waals surface area contributed by atoms with Crippen LogP contribution in [0.15, 0.2) is 12.7 Å². The van der Waals surface area contributed by atoms with Crippen molar-refractivity contribution in [2.45, 2.75) is 0 Å². The minimum absolute atomic E-state index is 0.0312. The van der Waals surface area contributed by atoms with E-state index in [1.165, 1.54) is 7.11 Å². The van der Waals surface area contributed by atoms with Crippen LogP contribution in [0.25, 0.3) is 0 Å². The highest BCUT2D eigenvalue weighted by molar-refractivity contribution is 5.80. The maximum Gasteiger partial charge on any atom is 0.329 e. The minimum Gasteiger partial charge on any atom is -0.466 e. The number of rotatable bonds is 23. The summed E-state index contributed by atoms with van der Waals surface area (Å²) < 4.78 is 40.8. The van der Waals surface area contributed by atoms with Crippen molar-refractivity contribution in [2.24, 2.45) is 0 Å². The van der Waals surface area contributed by atoms with Crippen molar-refractivity contribution in [3.8, 4) is 0 Å². The Morgan fingerprint density at radius 3 is 0.935 bits per heavy atom. The van der Waals surface area contributed by atoms with Gasteiger partial charge in [0.15, 0.2) is 0 Å². The summed E-state index contributed by atoms with van der Waals surface area (Å²) in [6.07, 6.45) is 1.11. The molecular formula is C20H40O11. The summed E-state index contributed by atoms with van der Waals surface area (Å²) in [4.78, 5) is 9.84. The van der Waals surface area contributed by atoms with Gasteiger partial charge in [-0.1, -0.05) is 6.58 Å². The first-order chi connectivity index (χ1) is 15.2. The van der Waals surface area contributed by atoms with Gasteiger partial charge in [0.1, 0.15) is 0 Å². The van der Waals surface area contributed by atoms with Crippen molar-refractivity contribution < 1.29 is 52.9 Å². The predicted octanol–water partition coefficient (Wildman–Crippen LogP) is -0.567.